The summed E-state index contributed by atoms with van der Waals surface area (Å²) in [4.78, 5) is 2.37. The molecule has 41 valence electrons. The Labute approximate surface area is 49.1 Å². The van der Waals surface area contributed by atoms with Gasteiger partial charge in [0.1, 0.15) is 13.1 Å². The highest BCUT2D eigenvalue weighted by atomic mass is 32.2. The molecule has 1 aliphatic heterocycles. The van der Waals surface area contributed by atoms with E-state index >= 15 is 0 Å². The van der Waals surface area contributed by atoms with E-state index in [-0.39, 0.29) is 0 Å². The molecule has 1 saturated heterocycles. The maximum absolute atomic E-state index is 2.37. The normalized spacial score (nSPS) is 34.3. The second-order valence-electron chi connectivity index (χ2n) is 2.11. The van der Waals surface area contributed by atoms with E-state index in [9.17, 15) is 0 Å². The minimum absolute atomic E-state index is 0.810. The van der Waals surface area contributed by atoms with Gasteiger partial charge in [0, 0.05) is 0 Å². The van der Waals surface area contributed by atoms with Gasteiger partial charge in [-0.15, -0.1) is 0 Å². The fraction of sp³-hybridized carbons (Fsp3) is 1.00. The van der Waals surface area contributed by atoms with Gasteiger partial charge >= 0.3 is 0 Å². The van der Waals surface area contributed by atoms with E-state index in [2.05, 4.69) is 18.9 Å². The molecule has 1 nitrogen and oxygen atoms in total. The Kier molecular flexibility index (Phi) is 1.60. The molecule has 7 heavy (non-hydrogen) atoms. The van der Waals surface area contributed by atoms with E-state index in [1.165, 1.54) is 11.6 Å². The van der Waals surface area contributed by atoms with Crippen molar-refractivity contribution in [2.45, 2.75) is 13.0 Å². The van der Waals surface area contributed by atoms with Gasteiger partial charge in [-0.2, -0.15) is 4.90 Å². The number of thioether (sulfide) groups is 1. The van der Waals surface area contributed by atoms with Crippen molar-refractivity contribution >= 4 is 11.8 Å². The zero-order valence-corrected chi connectivity index (χ0v) is 5.66. The molecule has 0 aliphatic carbocycles. The second-order valence-corrected chi connectivity index (χ2v) is 3.11. The van der Waals surface area contributed by atoms with E-state index in [0.29, 0.717) is 0 Å². The third-order valence-corrected chi connectivity index (χ3v) is 2.71. The Morgan fingerprint density at radius 2 is 2.43 bits per heavy atom. The standard InChI is InChI=1S/C5H11NS/c1-5-3-7-4-6(5)2/h5H,3-4H2,1-2H3/q+1. The highest BCUT2D eigenvalue weighted by Crippen LogP contribution is 2.14. The molecule has 1 radical (unpaired) electrons. The molecule has 1 aliphatic rings. The average molecular weight is 117 g/mol. The molecule has 0 aromatic rings. The van der Waals surface area contributed by atoms with Gasteiger partial charge in [-0.1, -0.05) is 11.8 Å². The van der Waals surface area contributed by atoms with Gasteiger partial charge < -0.3 is 0 Å². The van der Waals surface area contributed by atoms with Crippen LogP contribution in [0.2, 0.25) is 0 Å². The highest BCUT2D eigenvalue weighted by Gasteiger charge is 2.24. The zero-order valence-electron chi connectivity index (χ0n) is 4.85. The summed E-state index contributed by atoms with van der Waals surface area (Å²) >= 11 is 2.02. The fourth-order valence-corrected chi connectivity index (χ4v) is 1.87. The number of rotatable bonds is 0. The van der Waals surface area contributed by atoms with Crippen molar-refractivity contribution in [1.82, 2.24) is 4.90 Å². The van der Waals surface area contributed by atoms with Crippen molar-refractivity contribution in [2.75, 3.05) is 18.7 Å². The average Bonchev–Trinajstić information content (AvgIpc) is 1.91. The summed E-state index contributed by atoms with van der Waals surface area (Å²) in [7, 11) is 2.17. The van der Waals surface area contributed by atoms with Crippen LogP contribution in [0.5, 0.6) is 0 Å². The minimum atomic E-state index is 0.810. The van der Waals surface area contributed by atoms with Crippen molar-refractivity contribution in [3.63, 3.8) is 0 Å². The molecule has 1 atom stereocenters. The van der Waals surface area contributed by atoms with Crippen LogP contribution in [0.3, 0.4) is 0 Å². The highest BCUT2D eigenvalue weighted by molar-refractivity contribution is 7.99. The van der Waals surface area contributed by atoms with Gasteiger partial charge in [0.05, 0.1) is 5.75 Å². The van der Waals surface area contributed by atoms with Crippen LogP contribution in [0.25, 0.3) is 0 Å². The first kappa shape index (κ1) is 5.45. The Hall–Kier alpha value is 0.310. The monoisotopic (exact) mass is 117 g/mol. The third-order valence-electron chi connectivity index (χ3n) is 1.41. The molecule has 0 amide bonds. The Bertz CT molecular complexity index is 57.1. The van der Waals surface area contributed by atoms with Crippen molar-refractivity contribution in [2.24, 2.45) is 0 Å². The molecular formula is C5H11NS+. The van der Waals surface area contributed by atoms with Crippen LogP contribution in [0.15, 0.2) is 0 Å². The SMILES string of the molecule is CC1CSC[N+]1C. The Morgan fingerprint density at radius 1 is 1.71 bits per heavy atom. The van der Waals surface area contributed by atoms with E-state index < -0.39 is 0 Å². The lowest BCUT2D eigenvalue weighted by Gasteiger charge is -1.99. The van der Waals surface area contributed by atoms with Gasteiger partial charge in [-0.05, 0) is 6.92 Å². The summed E-state index contributed by atoms with van der Waals surface area (Å²) in [6.07, 6.45) is 0. The van der Waals surface area contributed by atoms with E-state index in [1.807, 2.05) is 11.8 Å². The summed E-state index contributed by atoms with van der Waals surface area (Å²) in [6, 6.07) is 0.810. The number of hydrogen-bond donors (Lipinski definition) is 0. The molecule has 0 aromatic carbocycles. The summed E-state index contributed by atoms with van der Waals surface area (Å²) in [5, 5.41) is 0. The van der Waals surface area contributed by atoms with Crippen LogP contribution in [-0.2, 0) is 0 Å². The van der Waals surface area contributed by atoms with Crippen LogP contribution in [0.1, 0.15) is 6.92 Å². The lowest BCUT2D eigenvalue weighted by molar-refractivity contribution is 0.487. The molecule has 0 N–H and O–H groups in total. The lowest BCUT2D eigenvalue weighted by Crippen LogP contribution is -2.28. The Morgan fingerprint density at radius 3 is 2.57 bits per heavy atom. The van der Waals surface area contributed by atoms with Crippen LogP contribution < -0.4 is 4.90 Å². The molecule has 1 rings (SSSR count). The Balaban J connectivity index is 2.33. The van der Waals surface area contributed by atoms with Gasteiger partial charge in [-0.3, -0.25) is 0 Å². The first-order valence-corrected chi connectivity index (χ1v) is 3.74. The van der Waals surface area contributed by atoms with Crippen molar-refractivity contribution in [3.05, 3.63) is 0 Å². The van der Waals surface area contributed by atoms with E-state index in [4.69, 9.17) is 0 Å². The lowest BCUT2D eigenvalue weighted by atomic mass is 10.4. The predicted octanol–water partition coefficient (Wildman–Crippen LogP) is 0.849. The topological polar surface area (TPSA) is 5.90 Å². The second kappa shape index (κ2) is 2.05. The van der Waals surface area contributed by atoms with Gasteiger partial charge in [0.15, 0.2) is 5.88 Å². The van der Waals surface area contributed by atoms with Crippen molar-refractivity contribution in [3.8, 4) is 0 Å². The van der Waals surface area contributed by atoms with Crippen LogP contribution >= 0.6 is 11.8 Å². The maximum atomic E-state index is 2.37. The van der Waals surface area contributed by atoms with E-state index in [0.717, 1.165) is 6.04 Å². The summed E-state index contributed by atoms with van der Waals surface area (Å²) in [6.45, 7) is 2.26. The maximum Gasteiger partial charge on any atom is 0.169 e. The van der Waals surface area contributed by atoms with Crippen LogP contribution in [0.4, 0.5) is 0 Å². The first-order chi connectivity index (χ1) is 3.30. The molecule has 0 aromatic heterocycles. The molecule has 1 unspecified atom stereocenters. The molecule has 0 saturated carbocycles. The third kappa shape index (κ3) is 1.10. The van der Waals surface area contributed by atoms with Crippen molar-refractivity contribution in [1.29, 1.82) is 0 Å². The summed E-state index contributed by atoms with van der Waals surface area (Å²) < 4.78 is 0. The number of nitrogens with zero attached hydrogens (tertiary/aromatic N) is 1. The summed E-state index contributed by atoms with van der Waals surface area (Å²) in [5.74, 6) is 2.54. The van der Waals surface area contributed by atoms with Crippen LogP contribution in [-0.4, -0.2) is 24.7 Å². The van der Waals surface area contributed by atoms with Crippen molar-refractivity contribution < 1.29 is 0 Å². The van der Waals surface area contributed by atoms with Gasteiger partial charge in [0.25, 0.3) is 0 Å². The first-order valence-electron chi connectivity index (χ1n) is 2.58. The molecule has 0 spiro atoms. The predicted molar refractivity (Wildman–Crippen MR) is 34.8 cm³/mol. The molecule has 1 fully saturated rings. The molecule has 0 bridgehead atoms. The quantitative estimate of drug-likeness (QED) is 0.426. The fourth-order valence-electron chi connectivity index (χ4n) is 0.622. The number of hydrogen-bond acceptors (Lipinski definition) is 2. The molecule has 2 heteroatoms. The molecule has 1 heterocycles. The van der Waals surface area contributed by atoms with Gasteiger partial charge in [0.2, 0.25) is 0 Å². The van der Waals surface area contributed by atoms with Gasteiger partial charge in [-0.25, -0.2) is 0 Å². The molecular weight excluding hydrogens is 106 g/mol. The smallest absolute Gasteiger partial charge is 0.160 e. The van der Waals surface area contributed by atoms with E-state index in [1.54, 1.807) is 0 Å². The summed E-state index contributed by atoms with van der Waals surface area (Å²) in [5.41, 5.74) is 0. The largest absolute Gasteiger partial charge is 0.169 e. The van der Waals surface area contributed by atoms with Crippen LogP contribution in [0, 0.1) is 0 Å². The minimum Gasteiger partial charge on any atom is -0.160 e. The zero-order chi connectivity index (χ0) is 5.28.